The van der Waals surface area contributed by atoms with Crippen molar-refractivity contribution in [2.75, 3.05) is 31.3 Å². The molecule has 1 aromatic carbocycles. The Morgan fingerprint density at radius 3 is 2.38 bits per heavy atom. The van der Waals surface area contributed by atoms with Crippen LogP contribution in [-0.2, 0) is 14.8 Å². The van der Waals surface area contributed by atoms with Crippen LogP contribution in [0.2, 0.25) is 0 Å². The molecule has 9 heteroatoms. The number of rotatable bonds is 7. The van der Waals surface area contributed by atoms with Gasteiger partial charge in [-0.05, 0) is 49.2 Å². The van der Waals surface area contributed by atoms with Crippen molar-refractivity contribution in [1.82, 2.24) is 9.29 Å². The van der Waals surface area contributed by atoms with Crippen molar-refractivity contribution in [3.63, 3.8) is 0 Å². The second kappa shape index (κ2) is 10.1. The number of nitrogens with zero attached hydrogens (tertiary/aromatic N) is 2. The number of hydrogen-bond donors (Lipinski definition) is 1. The number of thioether (sulfide) groups is 1. The van der Waals surface area contributed by atoms with E-state index in [2.05, 4.69) is 10.3 Å². The van der Waals surface area contributed by atoms with Gasteiger partial charge in [0, 0.05) is 25.0 Å². The van der Waals surface area contributed by atoms with Crippen LogP contribution >= 0.6 is 11.8 Å². The van der Waals surface area contributed by atoms with Gasteiger partial charge in [-0.15, -0.1) is 0 Å². The summed E-state index contributed by atoms with van der Waals surface area (Å²) in [7, 11) is -1.92. The summed E-state index contributed by atoms with van der Waals surface area (Å²) in [6, 6.07) is 10.3. The lowest BCUT2D eigenvalue weighted by molar-refractivity contribution is -0.113. The molecule has 1 saturated heterocycles. The first kappa shape index (κ1) is 21.6. The molecule has 1 aliphatic heterocycles. The number of pyridine rings is 1. The first-order valence-electron chi connectivity index (χ1n) is 9.52. The molecule has 0 bridgehead atoms. The molecule has 1 fully saturated rings. The molecule has 0 aliphatic carbocycles. The summed E-state index contributed by atoms with van der Waals surface area (Å²) >= 11 is 1.26. The van der Waals surface area contributed by atoms with E-state index in [0.29, 0.717) is 23.8 Å². The van der Waals surface area contributed by atoms with Crippen LogP contribution in [0.1, 0.15) is 25.7 Å². The maximum absolute atomic E-state index is 12.8. The third-order valence-electron chi connectivity index (χ3n) is 4.64. The van der Waals surface area contributed by atoms with Crippen LogP contribution in [0.25, 0.3) is 0 Å². The van der Waals surface area contributed by atoms with Crippen molar-refractivity contribution in [1.29, 1.82) is 0 Å². The summed E-state index contributed by atoms with van der Waals surface area (Å²) in [5.74, 6) is 0.733. The molecule has 1 aromatic heterocycles. The fraction of sp³-hybridized carbons (Fsp3) is 0.400. The van der Waals surface area contributed by atoms with E-state index >= 15 is 0 Å². The number of carbonyl (C=O) groups is 1. The highest BCUT2D eigenvalue weighted by Gasteiger charge is 2.25. The van der Waals surface area contributed by atoms with Gasteiger partial charge in [0.05, 0.1) is 17.9 Å². The molecule has 1 amide bonds. The monoisotopic (exact) mass is 435 g/mol. The quantitative estimate of drug-likeness (QED) is 0.671. The third kappa shape index (κ3) is 5.94. The van der Waals surface area contributed by atoms with E-state index in [4.69, 9.17) is 4.74 Å². The Balaban J connectivity index is 1.55. The molecule has 2 heterocycles. The molecule has 0 saturated carbocycles. The smallest absolute Gasteiger partial charge is 0.244 e. The Kier molecular flexibility index (Phi) is 7.51. The van der Waals surface area contributed by atoms with Gasteiger partial charge in [0.1, 0.15) is 10.6 Å². The predicted octanol–water partition coefficient (Wildman–Crippen LogP) is 3.39. The highest BCUT2D eigenvalue weighted by Crippen LogP contribution is 2.22. The van der Waals surface area contributed by atoms with Crippen molar-refractivity contribution in [2.45, 2.75) is 35.6 Å². The summed E-state index contributed by atoms with van der Waals surface area (Å²) in [5, 5.41) is 3.40. The number of amides is 1. The predicted molar refractivity (Wildman–Crippen MR) is 114 cm³/mol. The third-order valence-corrected chi connectivity index (χ3v) is 7.46. The van der Waals surface area contributed by atoms with E-state index < -0.39 is 10.0 Å². The van der Waals surface area contributed by atoms with Gasteiger partial charge in [-0.25, -0.2) is 13.4 Å². The van der Waals surface area contributed by atoms with Crippen molar-refractivity contribution >= 4 is 33.4 Å². The number of nitrogens with one attached hydrogen (secondary N) is 1. The summed E-state index contributed by atoms with van der Waals surface area (Å²) in [4.78, 5) is 16.5. The number of benzene rings is 1. The maximum atomic E-state index is 12.8. The average molecular weight is 436 g/mol. The fourth-order valence-electron chi connectivity index (χ4n) is 3.05. The lowest BCUT2D eigenvalue weighted by Gasteiger charge is -2.19. The molecule has 0 atom stereocenters. The van der Waals surface area contributed by atoms with Crippen LogP contribution in [0.4, 0.5) is 5.69 Å². The van der Waals surface area contributed by atoms with Gasteiger partial charge in [-0.2, -0.15) is 4.31 Å². The number of aromatic nitrogens is 1. The van der Waals surface area contributed by atoms with Crippen molar-refractivity contribution in [3.05, 3.63) is 42.6 Å². The highest BCUT2D eigenvalue weighted by atomic mass is 32.2. The molecular weight excluding hydrogens is 410 g/mol. The van der Waals surface area contributed by atoms with Crippen LogP contribution in [0.15, 0.2) is 52.5 Å². The molecule has 29 heavy (non-hydrogen) atoms. The Morgan fingerprint density at radius 1 is 1.10 bits per heavy atom. The minimum Gasteiger partial charge on any atom is -0.497 e. The molecular formula is C20H25N3O4S2. The fourth-order valence-corrected chi connectivity index (χ4v) is 5.15. The maximum Gasteiger partial charge on any atom is 0.244 e. The normalized spacial score (nSPS) is 15.5. The van der Waals surface area contributed by atoms with Crippen molar-refractivity contribution in [3.8, 4) is 5.75 Å². The van der Waals surface area contributed by atoms with Gasteiger partial charge in [-0.3, -0.25) is 4.79 Å². The van der Waals surface area contributed by atoms with Gasteiger partial charge < -0.3 is 10.1 Å². The zero-order valence-electron chi connectivity index (χ0n) is 16.3. The lowest BCUT2D eigenvalue weighted by atomic mass is 10.2. The van der Waals surface area contributed by atoms with E-state index in [1.165, 1.54) is 18.0 Å². The molecule has 7 nitrogen and oxygen atoms in total. The first-order valence-corrected chi connectivity index (χ1v) is 11.9. The van der Waals surface area contributed by atoms with Crippen LogP contribution in [0, 0.1) is 0 Å². The van der Waals surface area contributed by atoms with Gasteiger partial charge in [0.2, 0.25) is 15.9 Å². The van der Waals surface area contributed by atoms with E-state index in [1.807, 2.05) is 0 Å². The SMILES string of the molecule is COc1ccc(NC(=O)CSc2ccc(S(=O)(=O)N3CCCCCC3)cn2)cc1. The molecule has 2 aromatic rings. The molecule has 1 aliphatic rings. The van der Waals surface area contributed by atoms with Crippen LogP contribution in [0.5, 0.6) is 5.75 Å². The van der Waals surface area contributed by atoms with Crippen molar-refractivity contribution < 1.29 is 17.9 Å². The minimum atomic E-state index is -3.51. The second-order valence-electron chi connectivity index (χ2n) is 6.72. The highest BCUT2D eigenvalue weighted by molar-refractivity contribution is 7.99. The summed E-state index contributed by atoms with van der Waals surface area (Å²) in [6.07, 6.45) is 5.30. The summed E-state index contributed by atoms with van der Waals surface area (Å²) in [5.41, 5.74) is 0.684. The largest absolute Gasteiger partial charge is 0.497 e. The number of hydrogen-bond acceptors (Lipinski definition) is 6. The van der Waals surface area contributed by atoms with Gasteiger partial charge >= 0.3 is 0 Å². The molecule has 3 rings (SSSR count). The standard InChI is InChI=1S/C20H25N3O4S2/c1-27-17-8-6-16(7-9-17)22-19(24)15-28-20-11-10-18(14-21-20)29(25,26)23-12-4-2-3-5-13-23/h6-11,14H,2-5,12-13,15H2,1H3,(H,22,24). The van der Waals surface area contributed by atoms with Gasteiger partial charge in [-0.1, -0.05) is 24.6 Å². The summed E-state index contributed by atoms with van der Waals surface area (Å²) in [6.45, 7) is 1.12. The molecule has 0 unspecified atom stereocenters. The topological polar surface area (TPSA) is 88.6 Å². The number of ether oxygens (including phenoxy) is 1. The van der Waals surface area contributed by atoms with Gasteiger partial charge in [0.25, 0.3) is 0 Å². The van der Waals surface area contributed by atoms with E-state index in [0.717, 1.165) is 31.4 Å². The van der Waals surface area contributed by atoms with E-state index in [-0.39, 0.29) is 16.6 Å². The lowest BCUT2D eigenvalue weighted by Crippen LogP contribution is -2.32. The van der Waals surface area contributed by atoms with Crippen LogP contribution < -0.4 is 10.1 Å². The molecule has 0 spiro atoms. The Hall–Kier alpha value is -2.10. The number of sulfonamides is 1. The van der Waals surface area contributed by atoms with Crippen molar-refractivity contribution in [2.24, 2.45) is 0 Å². The minimum absolute atomic E-state index is 0.164. The Labute approximate surface area is 175 Å². The molecule has 0 radical (unpaired) electrons. The van der Waals surface area contributed by atoms with Crippen LogP contribution in [0.3, 0.4) is 0 Å². The summed E-state index contributed by atoms with van der Waals surface area (Å²) < 4.78 is 32.2. The zero-order valence-corrected chi connectivity index (χ0v) is 18.0. The van der Waals surface area contributed by atoms with Crippen LogP contribution in [-0.4, -0.2) is 49.6 Å². The number of anilines is 1. The molecule has 156 valence electrons. The zero-order chi connectivity index (χ0) is 20.7. The average Bonchev–Trinajstić information content (AvgIpc) is 3.03. The second-order valence-corrected chi connectivity index (χ2v) is 9.65. The Bertz CT molecular complexity index is 908. The Morgan fingerprint density at radius 2 is 1.79 bits per heavy atom. The number of methoxy groups -OCH3 is 1. The van der Waals surface area contributed by atoms with E-state index in [9.17, 15) is 13.2 Å². The van der Waals surface area contributed by atoms with Gasteiger partial charge in [0.15, 0.2) is 0 Å². The first-order chi connectivity index (χ1) is 14.0. The molecule has 1 N–H and O–H groups in total. The van der Waals surface area contributed by atoms with E-state index in [1.54, 1.807) is 47.8 Å². The number of carbonyl (C=O) groups excluding carboxylic acids is 1.